The van der Waals surface area contributed by atoms with Gasteiger partial charge in [0.1, 0.15) is 11.6 Å². The number of nitrogens with zero attached hydrogens (tertiary/aromatic N) is 3. The number of rotatable bonds is 7. The fourth-order valence-corrected chi connectivity index (χ4v) is 8.24. The largest absolute Gasteiger partial charge is 0.507 e. The van der Waals surface area contributed by atoms with Crippen molar-refractivity contribution < 1.29 is 39.9 Å². The van der Waals surface area contributed by atoms with Crippen molar-refractivity contribution in [2.75, 3.05) is 0 Å². The van der Waals surface area contributed by atoms with Gasteiger partial charge in [0.2, 0.25) is 0 Å². The first kappa shape index (κ1) is 34.9. The molecule has 66 heavy (non-hydrogen) atoms. The predicted octanol–water partition coefficient (Wildman–Crippen LogP) is 16.1. The number of hydrogen-bond acceptors (Lipinski definition) is 3. The normalized spacial score (nSPS) is 14.4. The van der Waals surface area contributed by atoms with Crippen LogP contribution in [0.4, 0.5) is 0 Å². The zero-order valence-electron chi connectivity index (χ0n) is 48.7. The minimum atomic E-state index is -2.98. The molecule has 9 rings (SSSR count). The molecule has 0 aliphatic carbocycles. The Labute approximate surface area is 419 Å². The molecule has 0 saturated carbocycles. The fourth-order valence-electron chi connectivity index (χ4n) is 8.24. The van der Waals surface area contributed by atoms with Gasteiger partial charge in [-0.05, 0) is 86.8 Å². The second-order valence-electron chi connectivity index (χ2n) is 19.7. The number of aromatic hydroxyl groups is 1. The summed E-state index contributed by atoms with van der Waals surface area (Å²) in [4.78, 5) is 10.0. The standard InChI is InChI=1S/C61H58N3O.Pt/c1-39-24-26-41(27-25-39)43-30-31-62-53(35-43)46-33-44(40-18-13-11-14-19-40)32-45(34-46)49-22-17-23-55-56(49)63-58(51-37-48(60(5,6)7)38-52(57(51)65)61(8,9)10)64(55)54-29-28-47(59(2,3)4)36-50(54)42-20-15-12-16-21-42;/h11-33,35-38,65H,1-10H3;/q-1;/i1D3,24D,25D,26D,27D,30D,31D,35D;. The second kappa shape index (κ2) is 17.8. The van der Waals surface area contributed by atoms with Gasteiger partial charge in [0.05, 0.1) is 31.9 Å². The third-order valence-corrected chi connectivity index (χ3v) is 11.9. The number of benzene rings is 7. The van der Waals surface area contributed by atoms with Crippen molar-refractivity contribution in [2.24, 2.45) is 0 Å². The van der Waals surface area contributed by atoms with E-state index in [1.54, 1.807) is 6.07 Å². The van der Waals surface area contributed by atoms with E-state index in [4.69, 9.17) is 17.3 Å². The summed E-state index contributed by atoms with van der Waals surface area (Å²) >= 11 is 0. The van der Waals surface area contributed by atoms with Crippen LogP contribution in [-0.2, 0) is 37.3 Å². The van der Waals surface area contributed by atoms with E-state index in [1.807, 2.05) is 78.9 Å². The van der Waals surface area contributed by atoms with Crippen molar-refractivity contribution in [2.45, 2.75) is 85.4 Å². The van der Waals surface area contributed by atoms with Crippen molar-refractivity contribution in [1.29, 1.82) is 0 Å². The molecule has 1 N–H and O–H groups in total. The topological polar surface area (TPSA) is 50.9 Å². The number of imidazole rings is 1. The minimum absolute atomic E-state index is 0. The maximum atomic E-state index is 12.6. The summed E-state index contributed by atoms with van der Waals surface area (Å²) in [6, 6.07) is 39.2. The van der Waals surface area contributed by atoms with Crippen LogP contribution in [0.2, 0.25) is 0 Å². The molecule has 2 heterocycles. The predicted molar refractivity (Wildman–Crippen MR) is 273 cm³/mol. The Hall–Kier alpha value is -6.35. The molecule has 7 aromatic carbocycles. The van der Waals surface area contributed by atoms with Crippen molar-refractivity contribution in [3.63, 3.8) is 0 Å². The summed E-state index contributed by atoms with van der Waals surface area (Å²) in [5.41, 5.74) is 7.69. The van der Waals surface area contributed by atoms with E-state index in [9.17, 15) is 6.48 Å². The van der Waals surface area contributed by atoms with Gasteiger partial charge >= 0.3 is 0 Å². The number of fused-ring (bicyclic) bond motifs is 1. The van der Waals surface area contributed by atoms with Crippen LogP contribution in [0.15, 0.2) is 164 Å². The molecule has 0 saturated heterocycles. The number of phenolic OH excluding ortho intramolecular Hbond substituents is 1. The second-order valence-corrected chi connectivity index (χ2v) is 19.7. The third kappa shape index (κ3) is 9.09. The molecule has 0 spiro atoms. The first-order chi connectivity index (χ1) is 35.1. The Morgan fingerprint density at radius 3 is 1.88 bits per heavy atom. The summed E-state index contributed by atoms with van der Waals surface area (Å²) < 4.78 is 88.6. The Morgan fingerprint density at radius 2 is 1.23 bits per heavy atom. The maximum absolute atomic E-state index is 12.6. The monoisotopic (exact) mass is 1050 g/mol. The Bertz CT molecular complexity index is 3710. The van der Waals surface area contributed by atoms with Crippen molar-refractivity contribution in [1.82, 2.24) is 14.5 Å². The van der Waals surface area contributed by atoms with Gasteiger partial charge in [-0.25, -0.2) is 4.98 Å². The molecule has 0 fully saturated rings. The van der Waals surface area contributed by atoms with Gasteiger partial charge < -0.3 is 5.11 Å². The van der Waals surface area contributed by atoms with E-state index in [0.717, 1.165) is 44.6 Å². The van der Waals surface area contributed by atoms with Crippen molar-refractivity contribution >= 4 is 11.0 Å². The van der Waals surface area contributed by atoms with Crippen LogP contribution in [0.25, 0.3) is 83.9 Å². The zero-order valence-corrected chi connectivity index (χ0v) is 40.9. The molecule has 4 nitrogen and oxygen atoms in total. The number of hydrogen-bond donors (Lipinski definition) is 1. The van der Waals surface area contributed by atoms with E-state index in [0.29, 0.717) is 33.6 Å². The fraction of sp³-hybridized carbons (Fsp3) is 0.213. The van der Waals surface area contributed by atoms with E-state index in [1.165, 1.54) is 0 Å². The molecule has 0 amide bonds. The summed E-state index contributed by atoms with van der Waals surface area (Å²) in [6.07, 6.45) is -0.600. The van der Waals surface area contributed by atoms with E-state index in [2.05, 4.69) is 114 Å². The van der Waals surface area contributed by atoms with Crippen LogP contribution in [0.1, 0.15) is 98.3 Å². The van der Waals surface area contributed by atoms with Gasteiger partial charge in [-0.1, -0.05) is 200 Å². The molecule has 0 radical (unpaired) electrons. The molecule has 0 unspecified atom stereocenters. The molecule has 0 aliphatic rings. The molecule has 0 bridgehead atoms. The van der Waals surface area contributed by atoms with E-state index < -0.39 is 71.4 Å². The Morgan fingerprint density at radius 1 is 0.576 bits per heavy atom. The summed E-state index contributed by atoms with van der Waals surface area (Å²) in [6.45, 7) is 16.3. The SMILES string of the molecule is [2H]c1nc(-c2[c-]c(-c3cccc4c3nc(-c3cc(C(C)(C)C)cc(C(C)(C)C)c3O)n4-c3ccc(C(C)(C)C)cc3-c3ccccc3)cc(-c3ccccc3)c2)c([2H])c(-c2c([2H])c([2H])c(C([2H])([2H])[2H])c([2H])c2[2H])c1[2H].[Pt]. The van der Waals surface area contributed by atoms with Crippen LogP contribution in [0.3, 0.4) is 0 Å². The Kier molecular flexibility index (Phi) is 9.42. The average Bonchev–Trinajstić information content (AvgIpc) is 3.80. The summed E-state index contributed by atoms with van der Waals surface area (Å²) in [5.74, 6) is 0.616. The quantitative estimate of drug-likeness (QED) is 0.162. The average molecular weight is 1050 g/mol. The van der Waals surface area contributed by atoms with Crippen LogP contribution in [-0.4, -0.2) is 19.6 Å². The van der Waals surface area contributed by atoms with Gasteiger partial charge in [-0.3, -0.25) is 9.55 Å². The van der Waals surface area contributed by atoms with E-state index in [-0.39, 0.29) is 48.9 Å². The zero-order chi connectivity index (χ0) is 54.4. The first-order valence-corrected chi connectivity index (χ1v) is 21.9. The number of pyridine rings is 1. The Balaban J connectivity index is 0.00000765. The van der Waals surface area contributed by atoms with Gasteiger partial charge in [0, 0.05) is 48.2 Å². The molecule has 5 heteroatoms. The third-order valence-electron chi connectivity index (χ3n) is 11.9. The van der Waals surface area contributed by atoms with Gasteiger partial charge in [-0.15, -0.1) is 23.8 Å². The van der Waals surface area contributed by atoms with Gasteiger partial charge in [-0.2, -0.15) is 0 Å². The van der Waals surface area contributed by atoms with Gasteiger partial charge in [0.15, 0.2) is 0 Å². The number of phenols is 1. The summed E-state index contributed by atoms with van der Waals surface area (Å²) in [5, 5.41) is 12.6. The minimum Gasteiger partial charge on any atom is -0.507 e. The molecular weight excluding hydrogens is 986 g/mol. The molecule has 9 aromatic rings. The van der Waals surface area contributed by atoms with Gasteiger partial charge in [0.25, 0.3) is 0 Å². The summed E-state index contributed by atoms with van der Waals surface area (Å²) in [7, 11) is 0. The van der Waals surface area contributed by atoms with Crippen molar-refractivity contribution in [3.05, 3.63) is 192 Å². The first-order valence-electron chi connectivity index (χ1n) is 26.9. The molecular formula is C61H58N3OPt-. The molecule has 334 valence electrons. The van der Waals surface area contributed by atoms with E-state index >= 15 is 0 Å². The maximum Gasteiger partial charge on any atom is 0.148 e. The molecule has 0 atom stereocenters. The van der Waals surface area contributed by atoms with Crippen LogP contribution >= 0.6 is 0 Å². The van der Waals surface area contributed by atoms with Crippen LogP contribution in [0.5, 0.6) is 5.75 Å². The molecule has 0 aliphatic heterocycles. The number of para-hydroxylation sites is 1. The van der Waals surface area contributed by atoms with Crippen molar-refractivity contribution in [3.8, 4) is 78.6 Å². The number of aromatic nitrogens is 3. The molecule has 2 aromatic heterocycles. The van der Waals surface area contributed by atoms with Crippen LogP contribution in [0, 0.1) is 12.9 Å². The smallest absolute Gasteiger partial charge is 0.148 e. The van der Waals surface area contributed by atoms with Crippen LogP contribution < -0.4 is 0 Å².